The summed E-state index contributed by atoms with van der Waals surface area (Å²) < 4.78 is 31.1. The van der Waals surface area contributed by atoms with Gasteiger partial charge in [-0.15, -0.1) is 0 Å². The lowest BCUT2D eigenvalue weighted by Gasteiger charge is -2.21. The molecule has 3 rings (SSSR count). The molecule has 0 aromatic heterocycles. The molecule has 2 aromatic carbocycles. The van der Waals surface area contributed by atoms with Crippen LogP contribution in [0.3, 0.4) is 0 Å². The molecule has 2 amide bonds. The van der Waals surface area contributed by atoms with Crippen LogP contribution in [0, 0.1) is 0 Å². The van der Waals surface area contributed by atoms with E-state index >= 15 is 0 Å². The van der Waals surface area contributed by atoms with Crippen molar-refractivity contribution in [1.29, 1.82) is 0 Å². The topological polar surface area (TPSA) is 92.8 Å². The summed E-state index contributed by atoms with van der Waals surface area (Å²) in [7, 11) is -2.36. The Balaban J connectivity index is 2.14. The third kappa shape index (κ3) is 3.33. The van der Waals surface area contributed by atoms with Crippen molar-refractivity contribution in [2.45, 2.75) is 16.7 Å². The number of benzene rings is 2. The number of nitrogens with one attached hydrogen (secondary N) is 1. The minimum Gasteiger partial charge on any atom is -0.383 e. The summed E-state index contributed by atoms with van der Waals surface area (Å²) in [6.45, 7) is 2.71. The second-order valence-corrected chi connectivity index (χ2v) is 7.87. The first-order valence-electron chi connectivity index (χ1n) is 8.49. The highest BCUT2D eigenvalue weighted by Gasteiger charge is 2.35. The van der Waals surface area contributed by atoms with Crippen molar-refractivity contribution < 1.29 is 22.7 Å². The normalized spacial score (nSPS) is 14.9. The van der Waals surface area contributed by atoms with Gasteiger partial charge in [0, 0.05) is 25.8 Å². The van der Waals surface area contributed by atoms with E-state index in [1.807, 2.05) is 0 Å². The summed E-state index contributed by atoms with van der Waals surface area (Å²) in [6, 6.07) is 10.4. The van der Waals surface area contributed by atoms with Gasteiger partial charge in [-0.05, 0) is 37.3 Å². The summed E-state index contributed by atoms with van der Waals surface area (Å²) in [4.78, 5) is 26.6. The standard InChI is InChI=1S/C19H20N2O5S/c1-3-21-15-12-13(18(22)20-10-11-26-2)8-9-17(15)27(24,25)16-7-5-4-6-14(16)19(21)23/h4-9,12H,3,10-11H2,1-2H3,(H,20,22). The minimum atomic E-state index is -3.89. The SMILES string of the molecule is CCN1C(=O)c2ccccc2S(=O)(=O)c2ccc(C(=O)NCCOC)cc21. The highest BCUT2D eigenvalue weighted by atomic mass is 32.2. The Morgan fingerprint density at radius 1 is 1.15 bits per heavy atom. The number of fused-ring (bicyclic) bond motifs is 2. The van der Waals surface area contributed by atoms with Gasteiger partial charge in [0.25, 0.3) is 11.8 Å². The molecule has 0 radical (unpaired) electrons. The molecule has 142 valence electrons. The van der Waals surface area contributed by atoms with E-state index < -0.39 is 15.7 Å². The third-order valence-corrected chi connectivity index (χ3v) is 6.22. The number of anilines is 1. The van der Waals surface area contributed by atoms with E-state index in [1.54, 1.807) is 19.1 Å². The molecule has 0 aliphatic carbocycles. The van der Waals surface area contributed by atoms with Gasteiger partial charge in [-0.25, -0.2) is 8.42 Å². The zero-order valence-electron chi connectivity index (χ0n) is 15.1. The molecule has 0 bridgehead atoms. The average molecular weight is 388 g/mol. The number of sulfone groups is 1. The second kappa shape index (κ2) is 7.50. The predicted octanol–water partition coefficient (Wildman–Crippen LogP) is 1.88. The lowest BCUT2D eigenvalue weighted by atomic mass is 10.1. The number of ether oxygens (including phenoxy) is 1. The maximum absolute atomic E-state index is 13.1. The van der Waals surface area contributed by atoms with Gasteiger partial charge in [-0.3, -0.25) is 9.59 Å². The molecule has 27 heavy (non-hydrogen) atoms. The molecule has 0 saturated carbocycles. The number of amides is 2. The van der Waals surface area contributed by atoms with E-state index in [-0.39, 0.29) is 39.1 Å². The van der Waals surface area contributed by atoms with Crippen LogP contribution < -0.4 is 10.2 Å². The summed E-state index contributed by atoms with van der Waals surface area (Å²) in [5.74, 6) is -0.773. The monoisotopic (exact) mass is 388 g/mol. The number of carbonyl (C=O) groups excluding carboxylic acids is 2. The number of carbonyl (C=O) groups is 2. The van der Waals surface area contributed by atoms with Crippen LogP contribution in [0.1, 0.15) is 27.6 Å². The number of hydrogen-bond donors (Lipinski definition) is 1. The third-order valence-electron chi connectivity index (χ3n) is 4.36. The van der Waals surface area contributed by atoms with Crippen molar-refractivity contribution in [3.63, 3.8) is 0 Å². The van der Waals surface area contributed by atoms with E-state index in [0.29, 0.717) is 13.2 Å². The van der Waals surface area contributed by atoms with Crippen LogP contribution in [0.25, 0.3) is 0 Å². The first-order chi connectivity index (χ1) is 12.9. The van der Waals surface area contributed by atoms with Gasteiger partial charge >= 0.3 is 0 Å². The average Bonchev–Trinajstić information content (AvgIpc) is 2.74. The molecular weight excluding hydrogens is 368 g/mol. The van der Waals surface area contributed by atoms with Crippen LogP contribution in [0.2, 0.25) is 0 Å². The van der Waals surface area contributed by atoms with E-state index in [2.05, 4.69) is 5.32 Å². The van der Waals surface area contributed by atoms with Crippen molar-refractivity contribution >= 4 is 27.3 Å². The van der Waals surface area contributed by atoms with Crippen molar-refractivity contribution in [2.75, 3.05) is 31.7 Å². The lowest BCUT2D eigenvalue weighted by molar-refractivity contribution is 0.0934. The van der Waals surface area contributed by atoms with Gasteiger partial charge in [0.1, 0.15) is 0 Å². The Labute approximate surface area is 157 Å². The summed E-state index contributed by atoms with van der Waals surface area (Å²) >= 11 is 0. The molecule has 1 N–H and O–H groups in total. The summed E-state index contributed by atoms with van der Waals surface area (Å²) in [5.41, 5.74) is 0.608. The largest absolute Gasteiger partial charge is 0.383 e. The smallest absolute Gasteiger partial charge is 0.259 e. The van der Waals surface area contributed by atoms with Crippen LogP contribution in [0.15, 0.2) is 52.3 Å². The first kappa shape index (κ1) is 19.1. The molecule has 2 aromatic rings. The fraction of sp³-hybridized carbons (Fsp3) is 0.263. The van der Waals surface area contributed by atoms with Crippen LogP contribution in [-0.2, 0) is 14.6 Å². The maximum atomic E-state index is 13.1. The number of methoxy groups -OCH3 is 1. The molecule has 1 heterocycles. The molecule has 8 heteroatoms. The molecule has 0 atom stereocenters. The van der Waals surface area contributed by atoms with Crippen molar-refractivity contribution in [3.05, 3.63) is 53.6 Å². The van der Waals surface area contributed by atoms with E-state index in [0.717, 1.165) is 0 Å². The van der Waals surface area contributed by atoms with Gasteiger partial charge in [-0.2, -0.15) is 0 Å². The number of nitrogens with zero attached hydrogens (tertiary/aromatic N) is 1. The van der Waals surface area contributed by atoms with Crippen LogP contribution >= 0.6 is 0 Å². The lowest BCUT2D eigenvalue weighted by Crippen LogP contribution is -2.31. The fourth-order valence-corrected chi connectivity index (χ4v) is 4.66. The van der Waals surface area contributed by atoms with E-state index in [4.69, 9.17) is 4.74 Å². The van der Waals surface area contributed by atoms with E-state index in [9.17, 15) is 18.0 Å². The Hall–Kier alpha value is -2.71. The minimum absolute atomic E-state index is 0.0103. The number of hydrogen-bond acceptors (Lipinski definition) is 5. The fourth-order valence-electron chi connectivity index (χ4n) is 3.03. The molecule has 1 aliphatic rings. The Morgan fingerprint density at radius 3 is 2.59 bits per heavy atom. The molecule has 0 saturated heterocycles. The highest BCUT2D eigenvalue weighted by Crippen LogP contribution is 2.37. The highest BCUT2D eigenvalue weighted by molar-refractivity contribution is 7.91. The van der Waals surface area contributed by atoms with Crippen LogP contribution in [0.5, 0.6) is 0 Å². The molecule has 0 unspecified atom stereocenters. The van der Waals surface area contributed by atoms with E-state index in [1.165, 1.54) is 42.3 Å². The van der Waals surface area contributed by atoms with Crippen molar-refractivity contribution in [3.8, 4) is 0 Å². The summed E-state index contributed by atoms with van der Waals surface area (Å²) in [6.07, 6.45) is 0. The van der Waals surface area contributed by atoms with Gasteiger partial charge in [-0.1, -0.05) is 12.1 Å². The Kier molecular flexibility index (Phi) is 5.29. The maximum Gasteiger partial charge on any atom is 0.259 e. The Morgan fingerprint density at radius 2 is 1.89 bits per heavy atom. The summed E-state index contributed by atoms with van der Waals surface area (Å²) in [5, 5.41) is 2.69. The van der Waals surface area contributed by atoms with Crippen molar-refractivity contribution in [2.24, 2.45) is 0 Å². The quantitative estimate of drug-likeness (QED) is 0.790. The zero-order chi connectivity index (χ0) is 19.6. The predicted molar refractivity (Wildman–Crippen MR) is 99.9 cm³/mol. The molecular formula is C19H20N2O5S. The van der Waals surface area contributed by atoms with Gasteiger partial charge in [0.2, 0.25) is 9.84 Å². The van der Waals surface area contributed by atoms with Crippen molar-refractivity contribution in [1.82, 2.24) is 5.32 Å². The van der Waals surface area contributed by atoms with Gasteiger partial charge < -0.3 is 15.0 Å². The van der Waals surface area contributed by atoms with Gasteiger partial charge in [0.05, 0.1) is 27.6 Å². The molecule has 0 spiro atoms. The van der Waals surface area contributed by atoms with Crippen LogP contribution in [0.4, 0.5) is 5.69 Å². The molecule has 1 aliphatic heterocycles. The zero-order valence-corrected chi connectivity index (χ0v) is 15.9. The second-order valence-electron chi connectivity index (χ2n) is 5.98. The van der Waals surface area contributed by atoms with Gasteiger partial charge in [0.15, 0.2) is 0 Å². The molecule has 0 fully saturated rings. The first-order valence-corrected chi connectivity index (χ1v) is 9.97. The Bertz CT molecular complexity index is 1000. The number of rotatable bonds is 5. The van der Waals surface area contributed by atoms with Crippen LogP contribution in [-0.4, -0.2) is 47.0 Å². The molecule has 7 nitrogen and oxygen atoms in total.